The van der Waals surface area contributed by atoms with Gasteiger partial charge in [0.1, 0.15) is 0 Å². The predicted octanol–water partition coefficient (Wildman–Crippen LogP) is 2.07. The molecule has 2 unspecified atom stereocenters. The summed E-state index contributed by atoms with van der Waals surface area (Å²) in [6.45, 7) is 2.16. The third kappa shape index (κ3) is 2.96. The summed E-state index contributed by atoms with van der Waals surface area (Å²) in [6.07, 6.45) is 8.10. The number of rotatable bonds is 5. The molecule has 0 heterocycles. The molecule has 0 fully saturated rings. The highest BCUT2D eigenvalue weighted by atomic mass is 16.3. The molecule has 0 aromatic carbocycles. The largest absolute Gasteiger partial charge is 0.388 e. The average molecular weight is 182 g/mol. The van der Waals surface area contributed by atoms with Gasteiger partial charge < -0.3 is 5.11 Å². The predicted molar refractivity (Wildman–Crippen MR) is 52.4 cm³/mol. The summed E-state index contributed by atoms with van der Waals surface area (Å²) in [5.41, 5.74) is 0. The molecular formula is C11H18O2. The summed E-state index contributed by atoms with van der Waals surface area (Å²) >= 11 is 0. The van der Waals surface area contributed by atoms with Crippen molar-refractivity contribution < 1.29 is 9.90 Å². The highest BCUT2D eigenvalue weighted by molar-refractivity contribution is 5.94. The van der Waals surface area contributed by atoms with E-state index in [4.69, 9.17) is 0 Å². The molecule has 0 amide bonds. The Balaban J connectivity index is 2.18. The molecule has 0 radical (unpaired) electrons. The van der Waals surface area contributed by atoms with E-state index in [2.05, 4.69) is 6.92 Å². The van der Waals surface area contributed by atoms with Gasteiger partial charge in [-0.05, 0) is 12.5 Å². The van der Waals surface area contributed by atoms with Crippen molar-refractivity contribution in [2.24, 2.45) is 5.92 Å². The van der Waals surface area contributed by atoms with Crippen LogP contribution in [0.2, 0.25) is 0 Å². The first kappa shape index (κ1) is 10.5. The van der Waals surface area contributed by atoms with Crippen LogP contribution in [0.5, 0.6) is 0 Å². The number of aliphatic hydroxyl groups is 1. The Morgan fingerprint density at radius 1 is 1.38 bits per heavy atom. The number of aliphatic hydroxyl groups excluding tert-OH is 1. The summed E-state index contributed by atoms with van der Waals surface area (Å²) in [6, 6.07) is 0. The van der Waals surface area contributed by atoms with Gasteiger partial charge >= 0.3 is 0 Å². The highest BCUT2D eigenvalue weighted by Crippen LogP contribution is 2.21. The zero-order valence-corrected chi connectivity index (χ0v) is 8.20. The lowest BCUT2D eigenvalue weighted by atomic mass is 9.96. The maximum Gasteiger partial charge on any atom is 0.161 e. The van der Waals surface area contributed by atoms with Crippen molar-refractivity contribution in [1.29, 1.82) is 0 Å². The third-order valence-corrected chi connectivity index (χ3v) is 2.60. The smallest absolute Gasteiger partial charge is 0.161 e. The average Bonchev–Trinajstić information content (AvgIpc) is 2.42. The normalized spacial score (nSPS) is 27.1. The molecule has 1 aliphatic rings. The molecule has 0 saturated carbocycles. The molecule has 0 aromatic rings. The van der Waals surface area contributed by atoms with Crippen LogP contribution in [0, 0.1) is 5.92 Å². The molecule has 0 aromatic heterocycles. The van der Waals surface area contributed by atoms with Crippen LogP contribution in [-0.4, -0.2) is 17.0 Å². The minimum Gasteiger partial charge on any atom is -0.388 e. The summed E-state index contributed by atoms with van der Waals surface area (Å²) in [7, 11) is 0. The van der Waals surface area contributed by atoms with Gasteiger partial charge in [-0.25, -0.2) is 0 Å². The zero-order chi connectivity index (χ0) is 9.68. The molecule has 1 aliphatic carbocycles. The molecule has 1 rings (SSSR count). The Morgan fingerprint density at radius 3 is 2.69 bits per heavy atom. The topological polar surface area (TPSA) is 37.3 Å². The van der Waals surface area contributed by atoms with Crippen LogP contribution in [0.1, 0.15) is 39.0 Å². The first-order valence-corrected chi connectivity index (χ1v) is 5.16. The number of ketones is 1. The van der Waals surface area contributed by atoms with Crippen molar-refractivity contribution >= 4 is 5.78 Å². The fraction of sp³-hybridized carbons (Fsp3) is 0.727. The van der Waals surface area contributed by atoms with Crippen molar-refractivity contribution in [3.8, 4) is 0 Å². The highest BCUT2D eigenvalue weighted by Gasteiger charge is 2.27. The van der Waals surface area contributed by atoms with Crippen LogP contribution < -0.4 is 0 Å². The molecule has 13 heavy (non-hydrogen) atoms. The molecule has 1 N–H and O–H groups in total. The fourth-order valence-corrected chi connectivity index (χ4v) is 1.72. The molecule has 2 atom stereocenters. The maximum absolute atomic E-state index is 11.2. The number of hydrogen-bond acceptors (Lipinski definition) is 2. The summed E-state index contributed by atoms with van der Waals surface area (Å²) in [4.78, 5) is 11.2. The molecule has 0 aliphatic heterocycles. The van der Waals surface area contributed by atoms with Crippen LogP contribution >= 0.6 is 0 Å². The van der Waals surface area contributed by atoms with Gasteiger partial charge in [0.25, 0.3) is 0 Å². The van der Waals surface area contributed by atoms with E-state index in [1.54, 1.807) is 6.08 Å². The molecule has 0 bridgehead atoms. The van der Waals surface area contributed by atoms with Gasteiger partial charge in [0.15, 0.2) is 5.78 Å². The minimum atomic E-state index is -0.519. The molecular weight excluding hydrogens is 164 g/mol. The molecule has 0 spiro atoms. The quantitative estimate of drug-likeness (QED) is 0.661. The molecule has 2 nitrogen and oxygen atoms in total. The van der Waals surface area contributed by atoms with Crippen LogP contribution in [0.15, 0.2) is 12.2 Å². The lowest BCUT2D eigenvalue weighted by Crippen LogP contribution is -2.19. The SMILES string of the molecule is CCCCCCC1C(=O)C=CC1O. The first-order chi connectivity index (χ1) is 6.25. The van der Waals surface area contributed by atoms with Gasteiger partial charge in [0.05, 0.1) is 12.0 Å². The second kappa shape index (κ2) is 5.18. The van der Waals surface area contributed by atoms with E-state index in [9.17, 15) is 9.90 Å². The van der Waals surface area contributed by atoms with E-state index in [1.165, 1.54) is 25.3 Å². The van der Waals surface area contributed by atoms with E-state index >= 15 is 0 Å². The van der Waals surface area contributed by atoms with Crippen LogP contribution in [0.4, 0.5) is 0 Å². The first-order valence-electron chi connectivity index (χ1n) is 5.16. The van der Waals surface area contributed by atoms with E-state index < -0.39 is 6.10 Å². The molecule has 74 valence electrons. The van der Waals surface area contributed by atoms with Gasteiger partial charge in [0, 0.05) is 0 Å². The fourth-order valence-electron chi connectivity index (χ4n) is 1.72. The number of carbonyl (C=O) groups excluding carboxylic acids is 1. The van der Waals surface area contributed by atoms with Crippen molar-refractivity contribution in [3.63, 3.8) is 0 Å². The standard InChI is InChI=1S/C11H18O2/c1-2-3-4-5-6-9-10(12)7-8-11(9)13/h7-10,12H,2-6H2,1H3. The Hall–Kier alpha value is -0.630. The maximum atomic E-state index is 11.2. The van der Waals surface area contributed by atoms with Crippen LogP contribution in [0.3, 0.4) is 0 Å². The zero-order valence-electron chi connectivity index (χ0n) is 8.20. The monoisotopic (exact) mass is 182 g/mol. The van der Waals surface area contributed by atoms with E-state index in [1.807, 2.05) is 0 Å². The van der Waals surface area contributed by atoms with Gasteiger partial charge in [-0.2, -0.15) is 0 Å². The number of unbranched alkanes of at least 4 members (excludes halogenated alkanes) is 3. The Bertz CT molecular complexity index is 196. The van der Waals surface area contributed by atoms with E-state index in [0.29, 0.717) is 0 Å². The Morgan fingerprint density at radius 2 is 2.15 bits per heavy atom. The van der Waals surface area contributed by atoms with Crippen molar-refractivity contribution in [3.05, 3.63) is 12.2 Å². The summed E-state index contributed by atoms with van der Waals surface area (Å²) in [5.74, 6) is -0.0409. The lowest BCUT2D eigenvalue weighted by molar-refractivity contribution is -0.119. The minimum absolute atomic E-state index is 0.101. The third-order valence-electron chi connectivity index (χ3n) is 2.60. The van der Waals surface area contributed by atoms with Crippen molar-refractivity contribution in [2.45, 2.75) is 45.1 Å². The Labute approximate surface area is 79.6 Å². The van der Waals surface area contributed by atoms with Crippen molar-refractivity contribution in [1.82, 2.24) is 0 Å². The lowest BCUT2D eigenvalue weighted by Gasteiger charge is -2.11. The molecule has 0 saturated heterocycles. The van der Waals surface area contributed by atoms with Crippen molar-refractivity contribution in [2.75, 3.05) is 0 Å². The summed E-state index contributed by atoms with van der Waals surface area (Å²) in [5, 5.41) is 9.41. The van der Waals surface area contributed by atoms with E-state index in [-0.39, 0.29) is 11.7 Å². The van der Waals surface area contributed by atoms with Gasteiger partial charge in [-0.15, -0.1) is 0 Å². The summed E-state index contributed by atoms with van der Waals surface area (Å²) < 4.78 is 0. The number of carbonyl (C=O) groups is 1. The number of hydrogen-bond donors (Lipinski definition) is 1. The second-order valence-corrected chi connectivity index (χ2v) is 3.71. The molecule has 2 heteroatoms. The van der Waals surface area contributed by atoms with Gasteiger partial charge in [-0.1, -0.05) is 38.7 Å². The van der Waals surface area contributed by atoms with Gasteiger partial charge in [0.2, 0.25) is 0 Å². The van der Waals surface area contributed by atoms with Crippen LogP contribution in [-0.2, 0) is 4.79 Å². The number of allylic oxidation sites excluding steroid dienone is 1. The van der Waals surface area contributed by atoms with Crippen LogP contribution in [0.25, 0.3) is 0 Å². The van der Waals surface area contributed by atoms with E-state index in [0.717, 1.165) is 12.8 Å². The second-order valence-electron chi connectivity index (χ2n) is 3.71. The Kier molecular flexibility index (Phi) is 4.16. The van der Waals surface area contributed by atoms with Gasteiger partial charge in [-0.3, -0.25) is 4.79 Å².